The third kappa shape index (κ3) is 3.61. The molecule has 0 radical (unpaired) electrons. The first-order valence-corrected chi connectivity index (χ1v) is 10.1. The molecule has 32 heavy (non-hydrogen) atoms. The molecule has 7 nitrogen and oxygen atoms in total. The quantitative estimate of drug-likeness (QED) is 0.452. The number of fused-ring (bicyclic) bond motifs is 2. The molecule has 2 aromatic carbocycles. The van der Waals surface area contributed by atoms with Gasteiger partial charge in [0.15, 0.2) is 0 Å². The summed E-state index contributed by atoms with van der Waals surface area (Å²) in [4.78, 5) is 13.3. The van der Waals surface area contributed by atoms with E-state index in [0.29, 0.717) is 16.9 Å². The fraction of sp³-hybridized carbons (Fsp3) is 0.240. The average molecular weight is 436 g/mol. The molecular formula is C25H24O7. The summed E-state index contributed by atoms with van der Waals surface area (Å²) in [5.41, 5.74) is 0.230. The van der Waals surface area contributed by atoms with Crippen molar-refractivity contribution in [3.05, 3.63) is 64.0 Å². The van der Waals surface area contributed by atoms with E-state index in [4.69, 9.17) is 9.15 Å². The van der Waals surface area contributed by atoms with Gasteiger partial charge < -0.3 is 29.6 Å². The molecule has 1 atom stereocenters. The molecule has 4 N–H and O–H groups in total. The standard InChI is InChI=1S/C25H24O7/c1-12(2)17(26)8-15-19(28)10-21-22(23(15)29)24(30)16(11-31-21)14-7-13-5-6-25(3,4)32-20(13)9-18(14)27/h5-7,9-11,17,26-29H,1,8H2,2-4H3/t17-/m1/s1. The van der Waals surface area contributed by atoms with E-state index in [-0.39, 0.29) is 45.6 Å². The van der Waals surface area contributed by atoms with Crippen molar-refractivity contribution in [2.75, 3.05) is 0 Å². The second-order valence-electron chi connectivity index (χ2n) is 8.59. The minimum absolute atomic E-state index is 0.00526. The largest absolute Gasteiger partial charge is 0.507 e. The highest BCUT2D eigenvalue weighted by molar-refractivity contribution is 5.90. The highest BCUT2D eigenvalue weighted by atomic mass is 16.5. The van der Waals surface area contributed by atoms with E-state index < -0.39 is 22.9 Å². The van der Waals surface area contributed by atoms with Gasteiger partial charge in [-0.1, -0.05) is 18.2 Å². The molecule has 1 aliphatic rings. The predicted molar refractivity (Wildman–Crippen MR) is 121 cm³/mol. The third-order valence-corrected chi connectivity index (χ3v) is 5.54. The van der Waals surface area contributed by atoms with Crippen LogP contribution in [0.4, 0.5) is 0 Å². The monoisotopic (exact) mass is 436 g/mol. The normalized spacial score (nSPS) is 15.2. The van der Waals surface area contributed by atoms with Gasteiger partial charge in [0, 0.05) is 35.2 Å². The van der Waals surface area contributed by atoms with Gasteiger partial charge >= 0.3 is 0 Å². The van der Waals surface area contributed by atoms with Gasteiger partial charge in [0.25, 0.3) is 0 Å². The van der Waals surface area contributed by atoms with Crippen molar-refractivity contribution in [2.45, 2.75) is 38.9 Å². The van der Waals surface area contributed by atoms with E-state index in [1.54, 1.807) is 13.0 Å². The Morgan fingerprint density at radius 2 is 1.84 bits per heavy atom. The average Bonchev–Trinajstić information content (AvgIpc) is 2.70. The molecule has 4 rings (SSSR count). The SMILES string of the molecule is C=C(C)[C@H](O)Cc1c(O)cc2occ(-c3cc4c(cc3O)OC(C)(C)C=C4)c(=O)c2c1O. The van der Waals surface area contributed by atoms with Crippen molar-refractivity contribution in [3.8, 4) is 34.1 Å². The van der Waals surface area contributed by atoms with Crippen LogP contribution in [0.2, 0.25) is 0 Å². The molecule has 0 aliphatic carbocycles. The van der Waals surface area contributed by atoms with Crippen molar-refractivity contribution >= 4 is 17.0 Å². The molecular weight excluding hydrogens is 412 g/mol. The molecule has 3 aromatic rings. The summed E-state index contributed by atoms with van der Waals surface area (Å²) in [5, 5.41) is 41.6. The Hall–Kier alpha value is -3.71. The summed E-state index contributed by atoms with van der Waals surface area (Å²) in [6.07, 6.45) is 3.74. The number of aromatic hydroxyl groups is 3. The van der Waals surface area contributed by atoms with Crippen LogP contribution in [-0.4, -0.2) is 32.1 Å². The van der Waals surface area contributed by atoms with Crippen LogP contribution in [-0.2, 0) is 6.42 Å². The van der Waals surface area contributed by atoms with Crippen molar-refractivity contribution in [1.82, 2.24) is 0 Å². The number of benzene rings is 2. The van der Waals surface area contributed by atoms with Crippen LogP contribution >= 0.6 is 0 Å². The Labute approximate surface area is 184 Å². The fourth-order valence-corrected chi connectivity index (χ4v) is 3.68. The summed E-state index contributed by atoms with van der Waals surface area (Å²) in [6.45, 7) is 9.05. The molecule has 0 bridgehead atoms. The highest BCUT2D eigenvalue weighted by Gasteiger charge is 2.25. The summed E-state index contributed by atoms with van der Waals surface area (Å²) in [5.74, 6) is -0.503. The van der Waals surface area contributed by atoms with Gasteiger partial charge in [-0.15, -0.1) is 0 Å². The number of hydrogen-bond donors (Lipinski definition) is 4. The van der Waals surface area contributed by atoms with Crippen LogP contribution in [0.5, 0.6) is 23.0 Å². The number of phenolic OH excluding ortho intramolecular Hbond substituents is 3. The van der Waals surface area contributed by atoms with Crippen LogP contribution in [0, 0.1) is 0 Å². The van der Waals surface area contributed by atoms with Gasteiger partial charge in [0.1, 0.15) is 45.8 Å². The molecule has 1 aliphatic heterocycles. The van der Waals surface area contributed by atoms with Gasteiger partial charge in [-0.05, 0) is 32.9 Å². The smallest absolute Gasteiger partial charge is 0.204 e. The maximum absolute atomic E-state index is 13.3. The van der Waals surface area contributed by atoms with Crippen molar-refractivity contribution < 1.29 is 29.6 Å². The summed E-state index contributed by atoms with van der Waals surface area (Å²) < 4.78 is 11.4. The van der Waals surface area contributed by atoms with Gasteiger partial charge in [-0.3, -0.25) is 4.79 Å². The zero-order chi connectivity index (χ0) is 23.4. The van der Waals surface area contributed by atoms with Gasteiger partial charge in [0.05, 0.1) is 11.7 Å². The molecule has 0 amide bonds. The Morgan fingerprint density at radius 1 is 1.12 bits per heavy atom. The number of phenols is 3. The summed E-state index contributed by atoms with van der Waals surface area (Å²) in [6, 6.07) is 4.26. The first-order chi connectivity index (χ1) is 15.0. The lowest BCUT2D eigenvalue weighted by atomic mass is 9.96. The third-order valence-electron chi connectivity index (χ3n) is 5.54. The van der Waals surface area contributed by atoms with E-state index in [1.807, 2.05) is 26.0 Å². The highest BCUT2D eigenvalue weighted by Crippen LogP contribution is 2.41. The number of aliphatic hydroxyl groups excluding tert-OH is 1. The second kappa shape index (κ2) is 7.46. The minimum atomic E-state index is -1.01. The molecule has 0 saturated heterocycles. The van der Waals surface area contributed by atoms with Gasteiger partial charge in [-0.25, -0.2) is 0 Å². The minimum Gasteiger partial charge on any atom is -0.507 e. The summed E-state index contributed by atoms with van der Waals surface area (Å²) >= 11 is 0. The van der Waals surface area contributed by atoms with Crippen molar-refractivity contribution in [1.29, 1.82) is 0 Å². The van der Waals surface area contributed by atoms with E-state index >= 15 is 0 Å². The van der Waals surface area contributed by atoms with E-state index in [1.165, 1.54) is 18.4 Å². The first kappa shape index (κ1) is 21.5. The van der Waals surface area contributed by atoms with Crippen molar-refractivity contribution in [2.24, 2.45) is 0 Å². The Morgan fingerprint density at radius 3 is 2.53 bits per heavy atom. The zero-order valence-electron chi connectivity index (χ0n) is 18.0. The van der Waals surface area contributed by atoms with E-state index in [9.17, 15) is 25.2 Å². The molecule has 0 saturated carbocycles. The van der Waals surface area contributed by atoms with Crippen LogP contribution in [0.1, 0.15) is 31.9 Å². The molecule has 2 heterocycles. The van der Waals surface area contributed by atoms with Crippen LogP contribution < -0.4 is 10.2 Å². The zero-order valence-corrected chi connectivity index (χ0v) is 18.0. The molecule has 0 fully saturated rings. The van der Waals surface area contributed by atoms with Crippen LogP contribution in [0.15, 0.2) is 51.9 Å². The molecule has 0 spiro atoms. The topological polar surface area (TPSA) is 120 Å². The van der Waals surface area contributed by atoms with Crippen LogP contribution in [0.25, 0.3) is 28.2 Å². The maximum atomic E-state index is 13.3. The Kier molecular flexibility index (Phi) is 5.02. The molecule has 166 valence electrons. The lowest BCUT2D eigenvalue weighted by molar-refractivity contribution is 0.158. The summed E-state index contributed by atoms with van der Waals surface area (Å²) in [7, 11) is 0. The van der Waals surface area contributed by atoms with E-state index in [0.717, 1.165) is 0 Å². The van der Waals surface area contributed by atoms with Gasteiger partial charge in [-0.2, -0.15) is 0 Å². The Bertz CT molecular complexity index is 1340. The lowest BCUT2D eigenvalue weighted by Crippen LogP contribution is -2.27. The Balaban J connectivity index is 1.90. The van der Waals surface area contributed by atoms with Crippen molar-refractivity contribution in [3.63, 3.8) is 0 Å². The predicted octanol–water partition coefficient (Wildman–Crippen LogP) is 4.24. The number of aliphatic hydroxyl groups is 1. The molecule has 1 aromatic heterocycles. The van der Waals surface area contributed by atoms with Crippen LogP contribution in [0.3, 0.4) is 0 Å². The lowest BCUT2D eigenvalue weighted by Gasteiger charge is -2.28. The first-order valence-electron chi connectivity index (χ1n) is 10.1. The number of ether oxygens (including phenoxy) is 1. The second-order valence-corrected chi connectivity index (χ2v) is 8.59. The maximum Gasteiger partial charge on any atom is 0.204 e. The fourth-order valence-electron chi connectivity index (χ4n) is 3.68. The number of rotatable bonds is 4. The number of hydrogen-bond acceptors (Lipinski definition) is 7. The molecule has 7 heteroatoms. The molecule has 0 unspecified atom stereocenters. The van der Waals surface area contributed by atoms with Gasteiger partial charge in [0.2, 0.25) is 5.43 Å². The van der Waals surface area contributed by atoms with E-state index in [2.05, 4.69) is 6.58 Å².